The standard InChI is InChI=1S/C13H16N2O4/c1-3-14-11(16)8-15-12(17)9-5-4-6-10(7-9)13(18)19-2/h4-7H,3,8H2,1-2H3,(H,14,16)(H,15,17). The van der Waals surface area contributed by atoms with Crippen molar-refractivity contribution in [2.45, 2.75) is 6.92 Å². The molecule has 1 aromatic carbocycles. The van der Waals surface area contributed by atoms with Crippen LogP contribution in [0.5, 0.6) is 0 Å². The molecule has 1 aromatic rings. The molecule has 2 amide bonds. The molecule has 19 heavy (non-hydrogen) atoms. The van der Waals surface area contributed by atoms with Gasteiger partial charge in [0.1, 0.15) is 0 Å². The maximum absolute atomic E-state index is 11.8. The van der Waals surface area contributed by atoms with Crippen LogP contribution < -0.4 is 10.6 Å². The van der Waals surface area contributed by atoms with Crippen LogP contribution in [-0.2, 0) is 9.53 Å². The van der Waals surface area contributed by atoms with Crippen molar-refractivity contribution < 1.29 is 19.1 Å². The van der Waals surface area contributed by atoms with E-state index >= 15 is 0 Å². The maximum atomic E-state index is 11.8. The van der Waals surface area contributed by atoms with Crippen LogP contribution in [0.15, 0.2) is 24.3 Å². The Bertz CT molecular complexity index is 485. The number of carbonyl (C=O) groups is 3. The van der Waals surface area contributed by atoms with Crippen LogP contribution in [0.3, 0.4) is 0 Å². The van der Waals surface area contributed by atoms with Crippen molar-refractivity contribution in [2.24, 2.45) is 0 Å². The average Bonchev–Trinajstić information content (AvgIpc) is 2.44. The molecule has 0 aliphatic heterocycles. The van der Waals surface area contributed by atoms with Crippen molar-refractivity contribution in [3.63, 3.8) is 0 Å². The number of hydrogen-bond donors (Lipinski definition) is 2. The molecule has 1 rings (SSSR count). The molecule has 0 aromatic heterocycles. The monoisotopic (exact) mass is 264 g/mol. The van der Waals surface area contributed by atoms with Crippen molar-refractivity contribution in [1.82, 2.24) is 10.6 Å². The molecule has 2 N–H and O–H groups in total. The van der Waals surface area contributed by atoms with Crippen LogP contribution in [0.25, 0.3) is 0 Å². The summed E-state index contributed by atoms with van der Waals surface area (Å²) in [5.41, 5.74) is 0.584. The Kier molecular flexibility index (Phi) is 5.53. The van der Waals surface area contributed by atoms with Crippen LogP contribution in [0.1, 0.15) is 27.6 Å². The third-order valence-corrected chi connectivity index (χ3v) is 2.33. The quantitative estimate of drug-likeness (QED) is 0.751. The van der Waals surface area contributed by atoms with E-state index in [-0.39, 0.29) is 18.0 Å². The molecule has 0 atom stereocenters. The Morgan fingerprint density at radius 1 is 1.16 bits per heavy atom. The van der Waals surface area contributed by atoms with Crippen molar-refractivity contribution in [3.8, 4) is 0 Å². The molecule has 6 nitrogen and oxygen atoms in total. The van der Waals surface area contributed by atoms with Crippen LogP contribution in [0.2, 0.25) is 0 Å². The molecule has 0 radical (unpaired) electrons. The van der Waals surface area contributed by atoms with Gasteiger partial charge in [-0.2, -0.15) is 0 Å². The molecule has 0 unspecified atom stereocenters. The third-order valence-electron chi connectivity index (χ3n) is 2.33. The molecular weight excluding hydrogens is 248 g/mol. The Labute approximate surface area is 111 Å². The average molecular weight is 264 g/mol. The fraction of sp³-hybridized carbons (Fsp3) is 0.308. The van der Waals surface area contributed by atoms with Crippen molar-refractivity contribution in [1.29, 1.82) is 0 Å². The molecule has 6 heteroatoms. The highest BCUT2D eigenvalue weighted by molar-refractivity contribution is 5.99. The van der Waals surface area contributed by atoms with Crippen LogP contribution >= 0.6 is 0 Å². The zero-order valence-electron chi connectivity index (χ0n) is 10.9. The summed E-state index contributed by atoms with van der Waals surface area (Å²) in [7, 11) is 1.27. The fourth-order valence-electron chi connectivity index (χ4n) is 1.43. The summed E-state index contributed by atoms with van der Waals surface area (Å²) in [6.45, 7) is 2.20. The smallest absolute Gasteiger partial charge is 0.337 e. The van der Waals surface area contributed by atoms with Crippen LogP contribution in [-0.4, -0.2) is 38.0 Å². The number of benzene rings is 1. The number of nitrogens with one attached hydrogen (secondary N) is 2. The van der Waals surface area contributed by atoms with E-state index in [1.165, 1.54) is 13.2 Å². The molecular formula is C13H16N2O4. The number of esters is 1. The summed E-state index contributed by atoms with van der Waals surface area (Å²) in [6, 6.07) is 6.10. The Balaban J connectivity index is 2.67. The number of carbonyl (C=O) groups excluding carboxylic acids is 3. The van der Waals surface area contributed by atoms with Gasteiger partial charge in [0, 0.05) is 12.1 Å². The Morgan fingerprint density at radius 2 is 1.84 bits per heavy atom. The number of methoxy groups -OCH3 is 1. The van der Waals surface area contributed by atoms with Crippen molar-refractivity contribution >= 4 is 17.8 Å². The van der Waals surface area contributed by atoms with E-state index < -0.39 is 11.9 Å². The lowest BCUT2D eigenvalue weighted by Gasteiger charge is -2.06. The highest BCUT2D eigenvalue weighted by Gasteiger charge is 2.11. The zero-order chi connectivity index (χ0) is 14.3. The first-order valence-electron chi connectivity index (χ1n) is 5.81. The maximum Gasteiger partial charge on any atom is 0.337 e. The summed E-state index contributed by atoms with van der Waals surface area (Å²) in [6.07, 6.45) is 0. The lowest BCUT2D eigenvalue weighted by molar-refractivity contribution is -0.120. The van der Waals surface area contributed by atoms with Gasteiger partial charge in [-0.25, -0.2) is 4.79 Å². The minimum Gasteiger partial charge on any atom is -0.465 e. The van der Waals surface area contributed by atoms with Crippen molar-refractivity contribution in [3.05, 3.63) is 35.4 Å². The number of ether oxygens (including phenoxy) is 1. The topological polar surface area (TPSA) is 84.5 Å². The largest absolute Gasteiger partial charge is 0.465 e. The van der Waals surface area contributed by atoms with Gasteiger partial charge in [0.25, 0.3) is 5.91 Å². The minimum absolute atomic E-state index is 0.102. The number of hydrogen-bond acceptors (Lipinski definition) is 4. The van der Waals surface area contributed by atoms with E-state index in [4.69, 9.17) is 0 Å². The molecule has 0 fully saturated rings. The molecule has 102 valence electrons. The molecule has 0 heterocycles. The molecule has 0 spiro atoms. The van der Waals surface area contributed by atoms with Crippen molar-refractivity contribution in [2.75, 3.05) is 20.2 Å². The van der Waals surface area contributed by atoms with E-state index in [1.807, 2.05) is 0 Å². The van der Waals surface area contributed by atoms with Gasteiger partial charge in [-0.15, -0.1) is 0 Å². The molecule has 0 aliphatic rings. The van der Waals surface area contributed by atoms with E-state index in [9.17, 15) is 14.4 Å². The lowest BCUT2D eigenvalue weighted by Crippen LogP contribution is -2.36. The van der Waals surface area contributed by atoms with Crippen LogP contribution in [0.4, 0.5) is 0 Å². The Morgan fingerprint density at radius 3 is 2.47 bits per heavy atom. The highest BCUT2D eigenvalue weighted by Crippen LogP contribution is 2.06. The second-order valence-corrected chi connectivity index (χ2v) is 3.71. The second kappa shape index (κ2) is 7.15. The predicted molar refractivity (Wildman–Crippen MR) is 68.8 cm³/mol. The van der Waals surface area contributed by atoms with E-state index in [0.29, 0.717) is 12.1 Å². The Hall–Kier alpha value is -2.37. The highest BCUT2D eigenvalue weighted by atomic mass is 16.5. The lowest BCUT2D eigenvalue weighted by atomic mass is 10.1. The summed E-state index contributed by atoms with van der Waals surface area (Å²) in [4.78, 5) is 34.3. The second-order valence-electron chi connectivity index (χ2n) is 3.71. The molecule has 0 aliphatic carbocycles. The van der Waals surface area contributed by atoms with Gasteiger partial charge in [0.15, 0.2) is 0 Å². The normalized spacial score (nSPS) is 9.58. The van der Waals surface area contributed by atoms with Gasteiger partial charge in [-0.3, -0.25) is 9.59 Å². The first-order valence-corrected chi connectivity index (χ1v) is 5.81. The minimum atomic E-state index is -0.515. The first kappa shape index (κ1) is 14.7. The summed E-state index contributed by atoms with van der Waals surface area (Å²) < 4.78 is 4.57. The molecule has 0 bridgehead atoms. The summed E-state index contributed by atoms with van der Waals surface area (Å²) >= 11 is 0. The van der Waals surface area contributed by atoms with Gasteiger partial charge >= 0.3 is 5.97 Å². The predicted octanol–water partition coefficient (Wildman–Crippen LogP) is 0.339. The molecule has 0 saturated carbocycles. The zero-order valence-corrected chi connectivity index (χ0v) is 10.9. The van der Waals surface area contributed by atoms with Gasteiger partial charge < -0.3 is 15.4 Å². The number of amides is 2. The van der Waals surface area contributed by atoms with E-state index in [0.717, 1.165) is 0 Å². The van der Waals surface area contributed by atoms with E-state index in [1.54, 1.807) is 25.1 Å². The third kappa shape index (κ3) is 4.42. The van der Waals surface area contributed by atoms with Gasteiger partial charge in [0.05, 0.1) is 19.2 Å². The first-order chi connectivity index (χ1) is 9.08. The molecule has 0 saturated heterocycles. The fourth-order valence-corrected chi connectivity index (χ4v) is 1.43. The number of likely N-dealkylation sites (N-methyl/N-ethyl adjacent to an activating group) is 1. The van der Waals surface area contributed by atoms with E-state index in [2.05, 4.69) is 15.4 Å². The van der Waals surface area contributed by atoms with Crippen LogP contribution in [0, 0.1) is 0 Å². The van der Waals surface area contributed by atoms with Gasteiger partial charge in [0.2, 0.25) is 5.91 Å². The summed E-state index contributed by atoms with van der Waals surface area (Å²) in [5.74, 6) is -1.20. The summed E-state index contributed by atoms with van der Waals surface area (Å²) in [5, 5.41) is 5.03. The number of rotatable bonds is 5. The van der Waals surface area contributed by atoms with Gasteiger partial charge in [-0.1, -0.05) is 6.07 Å². The van der Waals surface area contributed by atoms with Gasteiger partial charge in [-0.05, 0) is 25.1 Å². The SMILES string of the molecule is CCNC(=O)CNC(=O)c1cccc(C(=O)OC)c1.